The van der Waals surface area contributed by atoms with Gasteiger partial charge in [-0.25, -0.2) is 0 Å². The van der Waals surface area contributed by atoms with E-state index in [0.29, 0.717) is 11.8 Å². The van der Waals surface area contributed by atoms with Crippen molar-refractivity contribution in [2.24, 2.45) is 11.8 Å². The van der Waals surface area contributed by atoms with Gasteiger partial charge in [0.1, 0.15) is 5.60 Å². The van der Waals surface area contributed by atoms with E-state index in [4.69, 9.17) is 0 Å². The maximum absolute atomic E-state index is 9.59. The molecule has 15 heavy (non-hydrogen) atoms. The van der Waals surface area contributed by atoms with E-state index >= 15 is 0 Å². The fraction of sp³-hybridized carbons (Fsp3) is 0.692. The lowest BCUT2D eigenvalue weighted by atomic mass is 9.71. The summed E-state index contributed by atoms with van der Waals surface area (Å²) in [5, 5.41) is 9.59. The Bertz CT molecular complexity index is 343. The number of hydrogen-bond acceptors (Lipinski definition) is 1. The largest absolute Gasteiger partial charge is 0.378 e. The average molecular weight is 269 g/mol. The van der Waals surface area contributed by atoms with Gasteiger partial charge in [-0.1, -0.05) is 27.8 Å². The molecule has 0 aromatic carbocycles. The van der Waals surface area contributed by atoms with Gasteiger partial charge in [-0.3, -0.25) is 0 Å². The molecule has 1 saturated carbocycles. The first kappa shape index (κ1) is 11.2. The first-order valence-corrected chi connectivity index (χ1v) is 6.42. The molecule has 3 rings (SSSR count). The number of allylic oxidation sites excluding steroid dienone is 2. The minimum absolute atomic E-state index is 0.638. The van der Waals surface area contributed by atoms with Crippen LogP contribution in [0.1, 0.15) is 39.5 Å². The van der Waals surface area contributed by atoms with Gasteiger partial charge in [-0.2, -0.15) is 0 Å². The van der Waals surface area contributed by atoms with Crippen molar-refractivity contribution in [3.05, 3.63) is 10.1 Å². The zero-order chi connectivity index (χ0) is 11.1. The number of halogens is 1. The first-order chi connectivity index (χ1) is 6.97. The number of rotatable bonds is 0. The van der Waals surface area contributed by atoms with Crippen molar-refractivity contribution in [1.82, 2.24) is 0 Å². The molecule has 0 aromatic rings. The quantitative estimate of drug-likeness (QED) is 0.669. The Kier molecular flexibility index (Phi) is 2.96. The smallest absolute Gasteiger partial charge is 0.120 e. The van der Waals surface area contributed by atoms with Crippen LogP contribution < -0.4 is 0 Å². The van der Waals surface area contributed by atoms with Crippen LogP contribution in [-0.2, 0) is 0 Å². The number of fused-ring (bicyclic) bond motifs is 2. The summed E-state index contributed by atoms with van der Waals surface area (Å²) < 4.78 is 1.31. The Balaban J connectivity index is 2.27. The highest BCUT2D eigenvalue weighted by molar-refractivity contribution is 9.11. The molecule has 0 aromatic heterocycles. The van der Waals surface area contributed by atoms with Gasteiger partial charge in [0.25, 0.3) is 0 Å². The second-order valence-corrected chi connectivity index (χ2v) is 5.97. The van der Waals surface area contributed by atoms with Crippen molar-refractivity contribution < 1.29 is 5.11 Å². The van der Waals surface area contributed by atoms with Gasteiger partial charge in [-0.05, 0) is 51.4 Å². The summed E-state index contributed by atoms with van der Waals surface area (Å²) in [5.74, 6) is 7.43. The molecule has 0 atom stereocenters. The Hall–Kier alpha value is -0.260. The van der Waals surface area contributed by atoms with Gasteiger partial charge in [0.05, 0.1) is 0 Å². The van der Waals surface area contributed by atoms with Crippen molar-refractivity contribution >= 4 is 15.9 Å². The van der Waals surface area contributed by atoms with Crippen molar-refractivity contribution in [1.29, 1.82) is 0 Å². The van der Waals surface area contributed by atoms with Crippen LogP contribution in [0.3, 0.4) is 0 Å². The van der Waals surface area contributed by atoms with Crippen LogP contribution >= 0.6 is 15.9 Å². The fourth-order valence-corrected chi connectivity index (χ4v) is 3.31. The van der Waals surface area contributed by atoms with Gasteiger partial charge in [0.15, 0.2) is 0 Å². The SMILES string of the molecule is CC(C)(O)C#CC1=C(Br)C2CCC1CC2. The van der Waals surface area contributed by atoms with Gasteiger partial charge in [-0.15, -0.1) is 0 Å². The summed E-state index contributed by atoms with van der Waals surface area (Å²) in [4.78, 5) is 0. The summed E-state index contributed by atoms with van der Waals surface area (Å²) in [5.41, 5.74) is 0.372. The molecule has 1 nitrogen and oxygen atoms in total. The van der Waals surface area contributed by atoms with Crippen LogP contribution in [0, 0.1) is 23.7 Å². The molecule has 0 aliphatic heterocycles. The van der Waals surface area contributed by atoms with Crippen LogP contribution in [0.2, 0.25) is 0 Å². The highest BCUT2D eigenvalue weighted by Crippen LogP contribution is 2.47. The minimum atomic E-state index is -0.878. The topological polar surface area (TPSA) is 20.2 Å². The monoisotopic (exact) mass is 268 g/mol. The van der Waals surface area contributed by atoms with Gasteiger partial charge in [0, 0.05) is 10.1 Å². The molecule has 2 bridgehead atoms. The van der Waals surface area contributed by atoms with Crippen molar-refractivity contribution in [3.8, 4) is 11.8 Å². The zero-order valence-corrected chi connectivity index (χ0v) is 10.9. The second-order valence-electron chi connectivity index (χ2n) is 5.12. The van der Waals surface area contributed by atoms with Crippen molar-refractivity contribution in [3.63, 3.8) is 0 Å². The third-order valence-electron chi connectivity index (χ3n) is 3.25. The second kappa shape index (κ2) is 3.96. The molecule has 82 valence electrons. The molecule has 0 radical (unpaired) electrons. The van der Waals surface area contributed by atoms with Crippen LogP contribution in [0.4, 0.5) is 0 Å². The summed E-state index contributed by atoms with van der Waals surface area (Å²) in [6, 6.07) is 0. The number of hydrogen-bond donors (Lipinski definition) is 1. The molecule has 0 unspecified atom stereocenters. The van der Waals surface area contributed by atoms with Gasteiger partial charge >= 0.3 is 0 Å². The van der Waals surface area contributed by atoms with Crippen LogP contribution in [0.25, 0.3) is 0 Å². The molecule has 0 heterocycles. The summed E-state index contributed by atoms with van der Waals surface area (Å²) >= 11 is 3.67. The molecule has 1 N–H and O–H groups in total. The van der Waals surface area contributed by atoms with E-state index in [-0.39, 0.29) is 0 Å². The minimum Gasteiger partial charge on any atom is -0.378 e. The Morgan fingerprint density at radius 2 is 1.73 bits per heavy atom. The van der Waals surface area contributed by atoms with E-state index in [1.807, 2.05) is 0 Å². The third-order valence-corrected chi connectivity index (χ3v) is 4.33. The zero-order valence-electron chi connectivity index (χ0n) is 9.31. The standard InChI is InChI=1S/C13H17BrO/c1-13(2,15)8-7-11-9-3-5-10(6-4-9)12(11)14/h9-10,15H,3-6H2,1-2H3. The molecular weight excluding hydrogens is 252 g/mol. The molecule has 0 spiro atoms. The third kappa shape index (κ3) is 2.46. The van der Waals surface area contributed by atoms with Gasteiger partial charge < -0.3 is 5.11 Å². The lowest BCUT2D eigenvalue weighted by Crippen LogP contribution is -2.24. The Morgan fingerprint density at radius 1 is 1.20 bits per heavy atom. The van der Waals surface area contributed by atoms with E-state index in [2.05, 4.69) is 27.8 Å². The van der Waals surface area contributed by atoms with Crippen molar-refractivity contribution in [2.75, 3.05) is 0 Å². The lowest BCUT2D eigenvalue weighted by Gasteiger charge is -2.36. The van der Waals surface area contributed by atoms with Crippen LogP contribution in [-0.4, -0.2) is 10.7 Å². The van der Waals surface area contributed by atoms with E-state index in [1.165, 1.54) is 35.7 Å². The van der Waals surface area contributed by atoms with E-state index < -0.39 is 5.60 Å². The maximum Gasteiger partial charge on any atom is 0.120 e. The Morgan fingerprint density at radius 3 is 2.20 bits per heavy atom. The highest BCUT2D eigenvalue weighted by atomic mass is 79.9. The fourth-order valence-electron chi connectivity index (χ4n) is 2.43. The predicted octanol–water partition coefficient (Wildman–Crippen LogP) is 3.23. The normalized spacial score (nSPS) is 30.1. The maximum atomic E-state index is 9.59. The highest BCUT2D eigenvalue weighted by Gasteiger charge is 2.33. The molecule has 3 aliphatic rings. The van der Waals surface area contributed by atoms with E-state index in [1.54, 1.807) is 13.8 Å². The van der Waals surface area contributed by atoms with Crippen LogP contribution in [0.15, 0.2) is 10.1 Å². The van der Waals surface area contributed by atoms with E-state index in [9.17, 15) is 5.11 Å². The van der Waals surface area contributed by atoms with Crippen LogP contribution in [0.5, 0.6) is 0 Å². The lowest BCUT2D eigenvalue weighted by molar-refractivity contribution is 0.143. The van der Waals surface area contributed by atoms with Crippen molar-refractivity contribution in [2.45, 2.75) is 45.1 Å². The summed E-state index contributed by atoms with van der Waals surface area (Å²) in [6.07, 6.45) is 5.16. The molecular formula is C13H17BrO. The molecule has 1 fully saturated rings. The molecule has 0 saturated heterocycles. The van der Waals surface area contributed by atoms with E-state index in [0.717, 1.165) is 0 Å². The summed E-state index contributed by atoms with van der Waals surface area (Å²) in [7, 11) is 0. The van der Waals surface area contributed by atoms with Gasteiger partial charge in [0.2, 0.25) is 0 Å². The molecule has 2 heteroatoms. The molecule has 3 aliphatic carbocycles. The number of aliphatic hydroxyl groups is 1. The predicted molar refractivity (Wildman–Crippen MR) is 65.5 cm³/mol. The first-order valence-electron chi connectivity index (χ1n) is 5.62. The Labute approximate surface area is 100 Å². The summed E-state index contributed by atoms with van der Waals surface area (Å²) in [6.45, 7) is 3.46. The molecule has 0 amide bonds. The average Bonchev–Trinajstić information content (AvgIpc) is 2.16.